The Hall–Kier alpha value is -2.95. The van der Waals surface area contributed by atoms with E-state index in [0.717, 1.165) is 5.69 Å². The second-order valence-electron chi connectivity index (χ2n) is 5.75. The molecule has 0 aliphatic rings. The molecule has 0 fully saturated rings. The summed E-state index contributed by atoms with van der Waals surface area (Å²) in [7, 11) is 0. The van der Waals surface area contributed by atoms with Gasteiger partial charge in [0, 0.05) is 12.1 Å². The Morgan fingerprint density at radius 3 is 2.46 bits per heavy atom. The fraction of sp³-hybridized carbons (Fsp3) is 0.211. The highest BCUT2D eigenvalue weighted by atomic mass is 16.1. The molecule has 0 radical (unpaired) electrons. The van der Waals surface area contributed by atoms with Crippen molar-refractivity contribution in [3.05, 3.63) is 78.4 Å². The number of benzene rings is 2. The first-order valence-electron chi connectivity index (χ1n) is 8.00. The van der Waals surface area contributed by atoms with Crippen molar-refractivity contribution in [3.8, 4) is 5.69 Å². The van der Waals surface area contributed by atoms with E-state index in [1.165, 1.54) is 5.56 Å². The average Bonchev–Trinajstić information content (AvgIpc) is 3.10. The van der Waals surface area contributed by atoms with Crippen LogP contribution in [0.2, 0.25) is 0 Å². The van der Waals surface area contributed by atoms with Crippen LogP contribution in [-0.4, -0.2) is 20.7 Å². The number of amides is 1. The summed E-state index contributed by atoms with van der Waals surface area (Å²) >= 11 is 0. The van der Waals surface area contributed by atoms with Crippen molar-refractivity contribution in [3.63, 3.8) is 0 Å². The smallest absolute Gasteiger partial charge is 0.220 e. The van der Waals surface area contributed by atoms with E-state index in [0.29, 0.717) is 18.8 Å². The molecule has 2 aromatic carbocycles. The SMILES string of the molecule is CC(CC(=O)NCc1nncn1-c1ccccc1)c1ccccc1. The number of carbonyl (C=O) groups is 1. The van der Waals surface area contributed by atoms with Gasteiger partial charge < -0.3 is 5.32 Å². The first-order valence-corrected chi connectivity index (χ1v) is 8.00. The summed E-state index contributed by atoms with van der Waals surface area (Å²) in [4.78, 5) is 12.2. The Bertz CT molecular complexity index is 783. The van der Waals surface area contributed by atoms with E-state index in [1.807, 2.05) is 65.2 Å². The van der Waals surface area contributed by atoms with Crippen molar-refractivity contribution in [2.75, 3.05) is 0 Å². The van der Waals surface area contributed by atoms with Crippen LogP contribution in [0.25, 0.3) is 5.69 Å². The Balaban J connectivity index is 1.59. The van der Waals surface area contributed by atoms with Crippen LogP contribution >= 0.6 is 0 Å². The van der Waals surface area contributed by atoms with Crippen molar-refractivity contribution in [2.45, 2.75) is 25.8 Å². The lowest BCUT2D eigenvalue weighted by Gasteiger charge is -2.12. The molecule has 1 N–H and O–H groups in total. The highest BCUT2D eigenvalue weighted by molar-refractivity contribution is 5.76. The predicted octanol–water partition coefficient (Wildman–Crippen LogP) is 3.08. The molecule has 1 amide bonds. The van der Waals surface area contributed by atoms with Gasteiger partial charge in [-0.1, -0.05) is 55.5 Å². The minimum absolute atomic E-state index is 0.00830. The second-order valence-corrected chi connectivity index (χ2v) is 5.75. The van der Waals surface area contributed by atoms with Crippen molar-refractivity contribution >= 4 is 5.91 Å². The standard InChI is InChI=1S/C19H20N4O/c1-15(16-8-4-2-5-9-16)12-19(24)20-13-18-22-21-14-23(18)17-10-6-3-7-11-17/h2-11,14-15H,12-13H2,1H3,(H,20,24). The number of hydrogen-bond acceptors (Lipinski definition) is 3. The van der Waals surface area contributed by atoms with Gasteiger partial charge >= 0.3 is 0 Å². The highest BCUT2D eigenvalue weighted by Gasteiger charge is 2.12. The third-order valence-corrected chi connectivity index (χ3v) is 3.96. The van der Waals surface area contributed by atoms with E-state index < -0.39 is 0 Å². The van der Waals surface area contributed by atoms with E-state index >= 15 is 0 Å². The van der Waals surface area contributed by atoms with Crippen LogP contribution in [0.3, 0.4) is 0 Å². The lowest BCUT2D eigenvalue weighted by molar-refractivity contribution is -0.121. The minimum atomic E-state index is 0.00830. The molecular formula is C19H20N4O. The van der Waals surface area contributed by atoms with E-state index in [1.54, 1.807) is 6.33 Å². The molecule has 0 aliphatic heterocycles. The molecule has 5 heteroatoms. The lowest BCUT2D eigenvalue weighted by atomic mass is 9.98. The number of rotatable bonds is 6. The third kappa shape index (κ3) is 3.87. The van der Waals surface area contributed by atoms with Gasteiger partial charge in [-0.05, 0) is 23.6 Å². The van der Waals surface area contributed by atoms with Crippen LogP contribution < -0.4 is 5.32 Å². The van der Waals surface area contributed by atoms with Crippen LogP contribution in [-0.2, 0) is 11.3 Å². The summed E-state index contributed by atoms with van der Waals surface area (Å²) in [5.74, 6) is 0.897. The predicted molar refractivity (Wildman–Crippen MR) is 92.7 cm³/mol. The van der Waals surface area contributed by atoms with E-state index in [2.05, 4.69) is 22.4 Å². The monoisotopic (exact) mass is 320 g/mol. The van der Waals surface area contributed by atoms with Crippen molar-refractivity contribution in [1.29, 1.82) is 0 Å². The first kappa shape index (κ1) is 15.9. The first-order chi connectivity index (χ1) is 11.7. The largest absolute Gasteiger partial charge is 0.349 e. The molecule has 0 saturated heterocycles. The summed E-state index contributed by atoms with van der Waals surface area (Å²) in [5.41, 5.74) is 2.14. The Morgan fingerprint density at radius 2 is 1.75 bits per heavy atom. The fourth-order valence-corrected chi connectivity index (χ4v) is 2.61. The zero-order chi connectivity index (χ0) is 16.8. The third-order valence-electron chi connectivity index (χ3n) is 3.96. The quantitative estimate of drug-likeness (QED) is 0.759. The zero-order valence-electron chi connectivity index (χ0n) is 13.6. The van der Waals surface area contributed by atoms with Gasteiger partial charge in [0.05, 0.1) is 6.54 Å². The Kier molecular flexibility index (Phi) is 5.01. The summed E-state index contributed by atoms with van der Waals surface area (Å²) in [6.07, 6.45) is 2.10. The number of para-hydroxylation sites is 1. The number of nitrogens with zero attached hydrogens (tertiary/aromatic N) is 3. The van der Waals surface area contributed by atoms with Gasteiger partial charge in [-0.2, -0.15) is 0 Å². The van der Waals surface area contributed by atoms with Gasteiger partial charge in [0.1, 0.15) is 6.33 Å². The number of carbonyl (C=O) groups excluding carboxylic acids is 1. The maximum atomic E-state index is 12.2. The van der Waals surface area contributed by atoms with Gasteiger partial charge in [-0.3, -0.25) is 9.36 Å². The van der Waals surface area contributed by atoms with Gasteiger partial charge in [-0.15, -0.1) is 10.2 Å². The number of hydrogen-bond donors (Lipinski definition) is 1. The molecule has 1 unspecified atom stereocenters. The van der Waals surface area contributed by atoms with Crippen molar-refractivity contribution in [1.82, 2.24) is 20.1 Å². The van der Waals surface area contributed by atoms with Crippen LogP contribution in [0.15, 0.2) is 67.0 Å². The van der Waals surface area contributed by atoms with Crippen molar-refractivity contribution in [2.24, 2.45) is 0 Å². The Morgan fingerprint density at radius 1 is 1.08 bits per heavy atom. The van der Waals surface area contributed by atoms with Crippen molar-refractivity contribution < 1.29 is 4.79 Å². The summed E-state index contributed by atoms with van der Waals surface area (Å²) in [6.45, 7) is 2.41. The zero-order valence-corrected chi connectivity index (χ0v) is 13.6. The molecule has 3 rings (SSSR count). The van der Waals surface area contributed by atoms with Crippen LogP contribution in [0.5, 0.6) is 0 Å². The molecule has 0 saturated carbocycles. The molecule has 5 nitrogen and oxygen atoms in total. The second kappa shape index (κ2) is 7.55. The van der Waals surface area contributed by atoms with E-state index in [4.69, 9.17) is 0 Å². The molecule has 3 aromatic rings. The molecular weight excluding hydrogens is 300 g/mol. The summed E-state index contributed by atoms with van der Waals surface area (Å²) in [5, 5.41) is 11.0. The molecule has 0 aliphatic carbocycles. The molecule has 1 aromatic heterocycles. The normalized spacial score (nSPS) is 11.9. The summed E-state index contributed by atoms with van der Waals surface area (Å²) in [6, 6.07) is 19.9. The summed E-state index contributed by atoms with van der Waals surface area (Å²) < 4.78 is 1.88. The number of nitrogens with one attached hydrogen (secondary N) is 1. The Labute approximate surface area is 141 Å². The molecule has 0 spiro atoms. The maximum Gasteiger partial charge on any atom is 0.220 e. The van der Waals surface area contributed by atoms with E-state index in [-0.39, 0.29) is 11.8 Å². The molecule has 1 atom stereocenters. The molecule has 0 bridgehead atoms. The van der Waals surface area contributed by atoms with E-state index in [9.17, 15) is 4.79 Å². The lowest BCUT2D eigenvalue weighted by Crippen LogP contribution is -2.25. The fourth-order valence-electron chi connectivity index (χ4n) is 2.61. The van der Waals surface area contributed by atoms with Crippen LogP contribution in [0.1, 0.15) is 30.7 Å². The van der Waals surface area contributed by atoms with Gasteiger partial charge in [0.2, 0.25) is 5.91 Å². The maximum absolute atomic E-state index is 12.2. The van der Waals surface area contributed by atoms with Gasteiger partial charge in [0.25, 0.3) is 0 Å². The average molecular weight is 320 g/mol. The van der Waals surface area contributed by atoms with Gasteiger partial charge in [-0.25, -0.2) is 0 Å². The molecule has 122 valence electrons. The molecule has 1 heterocycles. The topological polar surface area (TPSA) is 59.8 Å². The van der Waals surface area contributed by atoms with Crippen LogP contribution in [0, 0.1) is 0 Å². The molecule has 24 heavy (non-hydrogen) atoms. The van der Waals surface area contributed by atoms with Gasteiger partial charge in [0.15, 0.2) is 5.82 Å². The highest BCUT2D eigenvalue weighted by Crippen LogP contribution is 2.18. The van der Waals surface area contributed by atoms with Crippen LogP contribution in [0.4, 0.5) is 0 Å². The minimum Gasteiger partial charge on any atom is -0.349 e. The number of aromatic nitrogens is 3.